The van der Waals surface area contributed by atoms with Crippen LogP contribution < -0.4 is 9.47 Å². The molecule has 0 aliphatic heterocycles. The molecule has 1 fully saturated rings. The van der Waals surface area contributed by atoms with E-state index in [0.717, 1.165) is 101 Å². The summed E-state index contributed by atoms with van der Waals surface area (Å²) in [4.78, 5) is 23.9. The van der Waals surface area contributed by atoms with Crippen molar-refractivity contribution >= 4 is 11.9 Å². The molecule has 0 saturated heterocycles. The maximum atomic E-state index is 12.9. The van der Waals surface area contributed by atoms with Crippen LogP contribution in [0.5, 0.6) is 11.5 Å². The summed E-state index contributed by atoms with van der Waals surface area (Å²) in [5.74, 6) is 1.97. The van der Waals surface area contributed by atoms with Crippen molar-refractivity contribution in [2.75, 3.05) is 26.4 Å². The van der Waals surface area contributed by atoms with Gasteiger partial charge in [0.1, 0.15) is 17.3 Å². The molecule has 0 aromatic heterocycles. The first-order chi connectivity index (χ1) is 23.9. The standard InChI is InChI=1S/C40H60O9/c1-4-14-39(42)47-30-13-9-7-11-28-45-35-21-25-37(26-22-35)49-40(43)33-17-15-32(16-18-33)31(3)48-36-23-19-34(20-24-36)44-27-10-6-8-12-29-46-38(41)5-2/h5,19,21-26,31-34,39,42H,2,4,6-18,20,27-30H2,1,3H3. The fourth-order valence-corrected chi connectivity index (χ4v) is 6.05. The largest absolute Gasteiger partial charge is 0.494 e. The highest BCUT2D eigenvalue weighted by atomic mass is 16.6. The third-order valence-electron chi connectivity index (χ3n) is 9.09. The smallest absolute Gasteiger partial charge is 0.330 e. The minimum Gasteiger partial charge on any atom is -0.494 e. The van der Waals surface area contributed by atoms with E-state index in [0.29, 0.717) is 44.5 Å². The Morgan fingerprint density at radius 2 is 1.55 bits per heavy atom. The van der Waals surface area contributed by atoms with E-state index in [9.17, 15) is 14.7 Å². The fourth-order valence-electron chi connectivity index (χ4n) is 6.05. The van der Waals surface area contributed by atoms with Crippen LogP contribution in [0.2, 0.25) is 0 Å². The van der Waals surface area contributed by atoms with Crippen LogP contribution in [-0.4, -0.2) is 62.0 Å². The van der Waals surface area contributed by atoms with Crippen LogP contribution in [0.15, 0.2) is 60.9 Å². The molecular formula is C40H60O9. The minimum atomic E-state index is -0.636. The molecule has 0 spiro atoms. The van der Waals surface area contributed by atoms with Gasteiger partial charge >= 0.3 is 11.9 Å². The van der Waals surface area contributed by atoms with Crippen LogP contribution in [0.4, 0.5) is 0 Å². The molecule has 9 heteroatoms. The first-order valence-electron chi connectivity index (χ1n) is 18.6. The number of aliphatic hydroxyl groups excluding tert-OH is 1. The number of hydrogen-bond donors (Lipinski definition) is 1. The molecule has 1 N–H and O–H groups in total. The first kappa shape index (κ1) is 40.3. The van der Waals surface area contributed by atoms with Gasteiger partial charge in [0.15, 0.2) is 6.29 Å². The molecule has 2 aliphatic rings. The Morgan fingerprint density at radius 1 is 0.898 bits per heavy atom. The monoisotopic (exact) mass is 684 g/mol. The average molecular weight is 685 g/mol. The quantitative estimate of drug-likeness (QED) is 0.0357. The zero-order valence-electron chi connectivity index (χ0n) is 29.9. The Kier molecular flexibility index (Phi) is 19.8. The highest BCUT2D eigenvalue weighted by Crippen LogP contribution is 2.34. The van der Waals surface area contributed by atoms with Crippen molar-refractivity contribution in [3.8, 4) is 11.5 Å². The van der Waals surface area contributed by atoms with Gasteiger partial charge in [-0.1, -0.05) is 38.8 Å². The first-order valence-corrected chi connectivity index (χ1v) is 18.6. The van der Waals surface area contributed by atoms with Crippen molar-refractivity contribution in [3.63, 3.8) is 0 Å². The van der Waals surface area contributed by atoms with Crippen LogP contribution >= 0.6 is 0 Å². The third-order valence-corrected chi connectivity index (χ3v) is 9.09. The molecule has 0 bridgehead atoms. The lowest BCUT2D eigenvalue weighted by molar-refractivity contribution is -0.140. The summed E-state index contributed by atoms with van der Waals surface area (Å²) in [6, 6.07) is 7.29. The van der Waals surface area contributed by atoms with Gasteiger partial charge in [-0.3, -0.25) is 4.79 Å². The van der Waals surface area contributed by atoms with E-state index >= 15 is 0 Å². The van der Waals surface area contributed by atoms with E-state index in [-0.39, 0.29) is 30.1 Å². The van der Waals surface area contributed by atoms with Gasteiger partial charge in [-0.05, 0) is 126 Å². The van der Waals surface area contributed by atoms with Gasteiger partial charge < -0.3 is 33.5 Å². The van der Waals surface area contributed by atoms with Crippen molar-refractivity contribution in [1.29, 1.82) is 0 Å². The van der Waals surface area contributed by atoms with E-state index in [2.05, 4.69) is 25.7 Å². The SMILES string of the molecule is C=CC(=O)OCCCCCCOC1C=CC(OC(C)C2CCC(C(=O)Oc3ccc(OCCCCCCOC(O)CCC)cc3)CC2)=CC1. The van der Waals surface area contributed by atoms with E-state index in [1.54, 1.807) is 12.1 Å². The maximum Gasteiger partial charge on any atom is 0.330 e. The summed E-state index contributed by atoms with van der Waals surface area (Å²) in [7, 11) is 0. The van der Waals surface area contributed by atoms with Crippen molar-refractivity contribution < 1.29 is 43.1 Å². The van der Waals surface area contributed by atoms with Gasteiger partial charge in [0, 0.05) is 19.3 Å². The van der Waals surface area contributed by atoms with Crippen molar-refractivity contribution in [2.45, 2.75) is 129 Å². The second-order valence-electron chi connectivity index (χ2n) is 13.1. The predicted molar refractivity (Wildman–Crippen MR) is 190 cm³/mol. The van der Waals surface area contributed by atoms with Crippen molar-refractivity contribution in [1.82, 2.24) is 0 Å². The van der Waals surface area contributed by atoms with Gasteiger partial charge in [-0.25, -0.2) is 4.79 Å². The van der Waals surface area contributed by atoms with Crippen LogP contribution in [0.25, 0.3) is 0 Å². The van der Waals surface area contributed by atoms with E-state index in [1.165, 1.54) is 6.08 Å². The number of hydrogen-bond acceptors (Lipinski definition) is 9. The highest BCUT2D eigenvalue weighted by Gasteiger charge is 2.31. The number of rotatable bonds is 25. The Morgan fingerprint density at radius 3 is 2.20 bits per heavy atom. The van der Waals surface area contributed by atoms with Gasteiger partial charge in [0.25, 0.3) is 0 Å². The van der Waals surface area contributed by atoms with E-state index < -0.39 is 6.29 Å². The molecule has 1 aromatic carbocycles. The topological polar surface area (TPSA) is 110 Å². The predicted octanol–water partition coefficient (Wildman–Crippen LogP) is 8.40. The molecule has 2 aliphatic carbocycles. The van der Waals surface area contributed by atoms with Crippen molar-refractivity contribution in [2.24, 2.45) is 11.8 Å². The van der Waals surface area contributed by atoms with Gasteiger partial charge in [0.2, 0.25) is 0 Å². The molecule has 49 heavy (non-hydrogen) atoms. The zero-order chi connectivity index (χ0) is 35.1. The molecule has 0 radical (unpaired) electrons. The molecule has 3 rings (SSSR count). The lowest BCUT2D eigenvalue weighted by Gasteiger charge is -2.32. The summed E-state index contributed by atoms with van der Waals surface area (Å²) in [5.41, 5.74) is 0. The van der Waals surface area contributed by atoms with Crippen LogP contribution in [0.1, 0.15) is 110 Å². The summed E-state index contributed by atoms with van der Waals surface area (Å²) >= 11 is 0. The number of aliphatic hydroxyl groups is 1. The summed E-state index contributed by atoms with van der Waals surface area (Å²) in [5, 5.41) is 9.59. The third kappa shape index (κ3) is 16.9. The number of esters is 2. The molecule has 0 heterocycles. The average Bonchev–Trinajstić information content (AvgIpc) is 3.11. The molecule has 1 aromatic rings. The van der Waals surface area contributed by atoms with E-state index in [1.807, 2.05) is 25.1 Å². The molecule has 3 atom stereocenters. The number of unbranched alkanes of at least 4 members (excludes halogenated alkanes) is 6. The molecule has 3 unspecified atom stereocenters. The lowest BCUT2D eigenvalue weighted by Crippen LogP contribution is -2.30. The second kappa shape index (κ2) is 24.1. The number of ether oxygens (including phenoxy) is 6. The Bertz CT molecular complexity index is 1140. The number of benzene rings is 1. The minimum absolute atomic E-state index is 0.0694. The van der Waals surface area contributed by atoms with Gasteiger partial charge in [-0.2, -0.15) is 0 Å². The summed E-state index contributed by atoms with van der Waals surface area (Å²) in [6.45, 7) is 9.92. The molecule has 9 nitrogen and oxygen atoms in total. The molecular weight excluding hydrogens is 624 g/mol. The van der Waals surface area contributed by atoms with Gasteiger partial charge in [0.05, 0.1) is 31.3 Å². The number of carbonyl (C=O) groups is 2. The highest BCUT2D eigenvalue weighted by molar-refractivity contribution is 5.81. The Balaban J connectivity index is 1.22. The Labute approximate surface area is 294 Å². The number of carbonyl (C=O) groups excluding carboxylic acids is 2. The zero-order valence-corrected chi connectivity index (χ0v) is 29.9. The fraction of sp³-hybridized carbons (Fsp3) is 0.650. The van der Waals surface area contributed by atoms with Crippen LogP contribution in [0, 0.1) is 11.8 Å². The Hall–Kier alpha value is -3.14. The van der Waals surface area contributed by atoms with Gasteiger partial charge in [-0.15, -0.1) is 0 Å². The van der Waals surface area contributed by atoms with Crippen molar-refractivity contribution in [3.05, 3.63) is 60.9 Å². The lowest BCUT2D eigenvalue weighted by atomic mass is 9.79. The number of allylic oxidation sites excluding steroid dienone is 1. The normalized spacial score (nSPS) is 20.1. The molecule has 1 saturated carbocycles. The second-order valence-corrected chi connectivity index (χ2v) is 13.1. The van der Waals surface area contributed by atoms with E-state index in [4.69, 9.17) is 28.4 Å². The maximum absolute atomic E-state index is 12.9. The molecule has 0 amide bonds. The summed E-state index contributed by atoms with van der Waals surface area (Å²) in [6.07, 6.45) is 20.6. The van der Waals surface area contributed by atoms with Crippen LogP contribution in [-0.2, 0) is 28.5 Å². The molecule has 274 valence electrons. The van der Waals surface area contributed by atoms with Crippen LogP contribution in [0.3, 0.4) is 0 Å². The summed E-state index contributed by atoms with van der Waals surface area (Å²) < 4.78 is 34.2.